The number of nitro benzene ring substituents is 1. The third kappa shape index (κ3) is 4.76. The van der Waals surface area contributed by atoms with E-state index in [4.69, 9.17) is 4.74 Å². The van der Waals surface area contributed by atoms with Crippen molar-refractivity contribution in [1.29, 1.82) is 0 Å². The molecule has 2 N–H and O–H groups in total. The number of ether oxygens (including phenoxy) is 1. The summed E-state index contributed by atoms with van der Waals surface area (Å²) in [5.74, 6) is -0.786. The summed E-state index contributed by atoms with van der Waals surface area (Å²) in [5.41, 5.74) is 0.275. The van der Waals surface area contributed by atoms with Gasteiger partial charge in [-0.2, -0.15) is 0 Å². The van der Waals surface area contributed by atoms with Crippen molar-refractivity contribution >= 4 is 23.2 Å². The van der Waals surface area contributed by atoms with Crippen LogP contribution < -0.4 is 15.4 Å². The van der Waals surface area contributed by atoms with Crippen molar-refractivity contribution in [3.8, 4) is 5.88 Å². The van der Waals surface area contributed by atoms with E-state index in [-0.39, 0.29) is 17.1 Å². The van der Waals surface area contributed by atoms with Crippen molar-refractivity contribution in [2.45, 2.75) is 19.9 Å². The fourth-order valence-corrected chi connectivity index (χ4v) is 2.08. The second-order valence-electron chi connectivity index (χ2n) is 5.28. The van der Waals surface area contributed by atoms with Crippen molar-refractivity contribution in [2.24, 2.45) is 0 Å². The van der Waals surface area contributed by atoms with Crippen LogP contribution in [-0.2, 0) is 4.79 Å². The first-order valence-electron chi connectivity index (χ1n) is 7.86. The number of hydrogen-bond acceptors (Lipinski definition) is 6. The van der Waals surface area contributed by atoms with Crippen LogP contribution in [0.15, 0.2) is 42.6 Å². The monoisotopic (exact) mass is 358 g/mol. The first-order chi connectivity index (χ1) is 12.4. The molecule has 0 radical (unpaired) electrons. The lowest BCUT2D eigenvalue weighted by Gasteiger charge is -2.15. The van der Waals surface area contributed by atoms with Crippen LogP contribution in [-0.4, -0.2) is 34.4 Å². The van der Waals surface area contributed by atoms with E-state index in [1.165, 1.54) is 31.3 Å². The van der Waals surface area contributed by atoms with Gasteiger partial charge in [-0.15, -0.1) is 0 Å². The maximum atomic E-state index is 12.3. The summed E-state index contributed by atoms with van der Waals surface area (Å²) < 4.78 is 5.33. The fraction of sp³-hybridized carbons (Fsp3) is 0.235. The number of nitrogens with zero attached hydrogens (tertiary/aromatic N) is 2. The number of rotatable bonds is 7. The van der Waals surface area contributed by atoms with Crippen molar-refractivity contribution in [1.82, 2.24) is 10.3 Å². The number of carbonyl (C=O) groups is 2. The molecule has 2 rings (SSSR count). The minimum Gasteiger partial charge on any atom is -0.476 e. The Morgan fingerprint density at radius 2 is 2.08 bits per heavy atom. The van der Waals surface area contributed by atoms with Crippen LogP contribution >= 0.6 is 0 Å². The van der Waals surface area contributed by atoms with Crippen LogP contribution in [0.2, 0.25) is 0 Å². The third-order valence-electron chi connectivity index (χ3n) is 3.37. The highest BCUT2D eigenvalue weighted by atomic mass is 16.6. The quantitative estimate of drug-likeness (QED) is 0.577. The molecule has 2 amide bonds. The standard InChI is InChI=1S/C17H18N4O5/c1-3-26-17-14(8-5-9-18-17)20-15(22)11(2)19-16(23)12-6-4-7-13(10-12)21(24)25/h4-11H,3H2,1-2H3,(H,19,23)(H,20,22). The Balaban J connectivity index is 2.04. The normalized spacial score (nSPS) is 11.3. The SMILES string of the molecule is CCOc1ncccc1NC(=O)C(C)NC(=O)c1cccc([N+](=O)[O-])c1. The number of aromatic nitrogens is 1. The van der Waals surface area contributed by atoms with Gasteiger partial charge in [0.15, 0.2) is 0 Å². The van der Waals surface area contributed by atoms with E-state index >= 15 is 0 Å². The summed E-state index contributed by atoms with van der Waals surface area (Å²) in [6, 6.07) is 7.66. The molecule has 0 aliphatic heterocycles. The molecule has 0 bridgehead atoms. The number of carbonyl (C=O) groups excluding carboxylic acids is 2. The average Bonchev–Trinajstić information content (AvgIpc) is 2.63. The number of non-ortho nitro benzene ring substituents is 1. The van der Waals surface area contributed by atoms with Gasteiger partial charge in [-0.25, -0.2) is 4.98 Å². The Kier molecular flexibility index (Phi) is 6.20. The Morgan fingerprint density at radius 3 is 2.77 bits per heavy atom. The average molecular weight is 358 g/mol. The summed E-state index contributed by atoms with van der Waals surface area (Å²) in [4.78, 5) is 38.7. The van der Waals surface area contributed by atoms with Gasteiger partial charge >= 0.3 is 0 Å². The van der Waals surface area contributed by atoms with Crippen LogP contribution in [0.25, 0.3) is 0 Å². The lowest BCUT2D eigenvalue weighted by Crippen LogP contribution is -2.41. The molecule has 26 heavy (non-hydrogen) atoms. The van der Waals surface area contributed by atoms with E-state index in [9.17, 15) is 19.7 Å². The van der Waals surface area contributed by atoms with Gasteiger partial charge in [-0.1, -0.05) is 6.07 Å². The Bertz CT molecular complexity index is 824. The molecule has 0 saturated carbocycles. The van der Waals surface area contributed by atoms with E-state index in [0.717, 1.165) is 6.07 Å². The van der Waals surface area contributed by atoms with Gasteiger partial charge in [0.2, 0.25) is 11.8 Å². The number of hydrogen-bond donors (Lipinski definition) is 2. The molecular weight excluding hydrogens is 340 g/mol. The number of nitro groups is 1. The molecule has 0 saturated heterocycles. The van der Waals surface area contributed by atoms with Crippen LogP contribution in [0.1, 0.15) is 24.2 Å². The topological polar surface area (TPSA) is 123 Å². The van der Waals surface area contributed by atoms with E-state index in [1.54, 1.807) is 19.1 Å². The van der Waals surface area contributed by atoms with Crippen molar-refractivity contribution < 1.29 is 19.2 Å². The molecule has 1 atom stereocenters. The lowest BCUT2D eigenvalue weighted by molar-refractivity contribution is -0.384. The second-order valence-corrected chi connectivity index (χ2v) is 5.28. The van der Waals surface area contributed by atoms with Crippen LogP contribution in [0.3, 0.4) is 0 Å². The van der Waals surface area contributed by atoms with Gasteiger partial charge in [0.05, 0.1) is 11.5 Å². The highest BCUT2D eigenvalue weighted by Gasteiger charge is 2.19. The molecule has 1 aromatic heterocycles. The summed E-state index contributed by atoms with van der Waals surface area (Å²) in [7, 11) is 0. The molecule has 1 heterocycles. The van der Waals surface area contributed by atoms with E-state index in [2.05, 4.69) is 15.6 Å². The number of anilines is 1. The smallest absolute Gasteiger partial charge is 0.270 e. The zero-order valence-electron chi connectivity index (χ0n) is 14.3. The largest absolute Gasteiger partial charge is 0.476 e. The molecular formula is C17H18N4O5. The Morgan fingerprint density at radius 1 is 1.31 bits per heavy atom. The highest BCUT2D eigenvalue weighted by Crippen LogP contribution is 2.20. The van der Waals surface area contributed by atoms with Crippen molar-refractivity contribution in [3.05, 3.63) is 58.3 Å². The second kappa shape index (κ2) is 8.56. The fourth-order valence-electron chi connectivity index (χ4n) is 2.08. The van der Waals surface area contributed by atoms with Gasteiger partial charge in [-0.05, 0) is 32.0 Å². The molecule has 136 valence electrons. The van der Waals surface area contributed by atoms with E-state index in [1.807, 2.05) is 0 Å². The number of benzene rings is 1. The number of nitrogens with one attached hydrogen (secondary N) is 2. The number of pyridine rings is 1. The minimum atomic E-state index is -0.878. The highest BCUT2D eigenvalue weighted by molar-refractivity contribution is 6.01. The predicted molar refractivity (Wildman–Crippen MR) is 94.1 cm³/mol. The molecule has 2 aromatic rings. The maximum Gasteiger partial charge on any atom is 0.270 e. The Labute approximate surface area is 149 Å². The van der Waals surface area contributed by atoms with Gasteiger partial charge in [-0.3, -0.25) is 19.7 Å². The van der Waals surface area contributed by atoms with E-state index < -0.39 is 22.8 Å². The third-order valence-corrected chi connectivity index (χ3v) is 3.37. The molecule has 9 heteroatoms. The lowest BCUT2D eigenvalue weighted by atomic mass is 10.1. The molecule has 0 fully saturated rings. The van der Waals surface area contributed by atoms with Gasteiger partial charge < -0.3 is 15.4 Å². The summed E-state index contributed by atoms with van der Waals surface area (Å²) in [5, 5.41) is 15.9. The molecule has 9 nitrogen and oxygen atoms in total. The van der Waals surface area contributed by atoms with Crippen molar-refractivity contribution in [3.63, 3.8) is 0 Å². The molecule has 1 unspecified atom stereocenters. The summed E-state index contributed by atoms with van der Waals surface area (Å²) >= 11 is 0. The first kappa shape index (κ1) is 18.8. The van der Waals surface area contributed by atoms with Gasteiger partial charge in [0.1, 0.15) is 11.7 Å². The minimum absolute atomic E-state index is 0.0928. The molecule has 0 aliphatic carbocycles. The number of amides is 2. The van der Waals surface area contributed by atoms with E-state index in [0.29, 0.717) is 12.3 Å². The summed E-state index contributed by atoms with van der Waals surface area (Å²) in [6.45, 7) is 3.68. The van der Waals surface area contributed by atoms with Crippen LogP contribution in [0, 0.1) is 10.1 Å². The predicted octanol–water partition coefficient (Wildman–Crippen LogP) is 2.15. The zero-order chi connectivity index (χ0) is 19.1. The maximum absolute atomic E-state index is 12.3. The van der Waals surface area contributed by atoms with Gasteiger partial charge in [0, 0.05) is 23.9 Å². The molecule has 0 spiro atoms. The zero-order valence-corrected chi connectivity index (χ0v) is 14.3. The molecule has 1 aromatic carbocycles. The van der Waals surface area contributed by atoms with Gasteiger partial charge in [0.25, 0.3) is 11.6 Å². The van der Waals surface area contributed by atoms with Crippen molar-refractivity contribution in [2.75, 3.05) is 11.9 Å². The first-order valence-corrected chi connectivity index (χ1v) is 7.86. The van der Waals surface area contributed by atoms with Crippen LogP contribution in [0.5, 0.6) is 5.88 Å². The summed E-state index contributed by atoms with van der Waals surface area (Å²) in [6.07, 6.45) is 1.54. The van der Waals surface area contributed by atoms with Crippen LogP contribution in [0.4, 0.5) is 11.4 Å². The molecule has 0 aliphatic rings. The Hall–Kier alpha value is -3.49.